The molecule has 0 saturated carbocycles. The maximum atomic E-state index is 13.2. The molecule has 1 aromatic rings. The summed E-state index contributed by atoms with van der Waals surface area (Å²) < 4.78 is 62.3. The van der Waals surface area contributed by atoms with Gasteiger partial charge in [0.15, 0.2) is 11.6 Å². The highest BCUT2D eigenvalue weighted by Crippen LogP contribution is 2.21. The molecule has 1 aliphatic heterocycles. The van der Waals surface area contributed by atoms with Crippen LogP contribution in [0.3, 0.4) is 0 Å². The average molecular weight is 350 g/mol. The molecule has 0 unspecified atom stereocenters. The van der Waals surface area contributed by atoms with Crippen LogP contribution in [0.25, 0.3) is 0 Å². The molecule has 2 rings (SSSR count). The van der Waals surface area contributed by atoms with Crippen molar-refractivity contribution in [1.82, 2.24) is 10.2 Å². The van der Waals surface area contributed by atoms with Gasteiger partial charge in [-0.2, -0.15) is 13.2 Å². The lowest BCUT2D eigenvalue weighted by molar-refractivity contribution is -0.141. The lowest BCUT2D eigenvalue weighted by Gasteiger charge is -2.31. The predicted octanol–water partition coefficient (Wildman–Crippen LogP) is 2.50. The first-order chi connectivity index (χ1) is 11.2. The second-order valence-corrected chi connectivity index (χ2v) is 5.53. The van der Waals surface area contributed by atoms with Crippen molar-refractivity contribution in [3.05, 3.63) is 35.4 Å². The minimum absolute atomic E-state index is 0.0196. The first-order valence-corrected chi connectivity index (χ1v) is 7.26. The largest absolute Gasteiger partial charge is 0.405 e. The van der Waals surface area contributed by atoms with Gasteiger partial charge in [0, 0.05) is 24.6 Å². The maximum Gasteiger partial charge on any atom is 0.405 e. The van der Waals surface area contributed by atoms with Crippen LogP contribution in [0.1, 0.15) is 23.2 Å². The average Bonchev–Trinajstić information content (AvgIpc) is 2.54. The molecule has 0 aromatic heterocycles. The molecule has 2 amide bonds. The molecule has 0 atom stereocenters. The molecular weight excluding hydrogens is 335 g/mol. The minimum atomic E-state index is -4.47. The van der Waals surface area contributed by atoms with Crippen molar-refractivity contribution < 1.29 is 31.5 Å². The van der Waals surface area contributed by atoms with Gasteiger partial charge >= 0.3 is 6.18 Å². The van der Waals surface area contributed by atoms with Crippen molar-refractivity contribution in [2.75, 3.05) is 19.6 Å². The molecule has 1 aliphatic rings. The van der Waals surface area contributed by atoms with Gasteiger partial charge < -0.3 is 10.2 Å². The van der Waals surface area contributed by atoms with Crippen molar-refractivity contribution in [2.24, 2.45) is 5.92 Å². The summed E-state index contributed by atoms with van der Waals surface area (Å²) in [6, 6.07) is 2.79. The number of benzene rings is 1. The molecule has 9 heteroatoms. The Kier molecular flexibility index (Phi) is 5.40. The Hall–Kier alpha value is -2.19. The Morgan fingerprint density at radius 3 is 2.29 bits per heavy atom. The van der Waals surface area contributed by atoms with Crippen LogP contribution in [0.5, 0.6) is 0 Å². The molecule has 4 nitrogen and oxygen atoms in total. The molecular formula is C15H15F5N2O2. The number of likely N-dealkylation sites (tertiary alicyclic amines) is 1. The summed E-state index contributed by atoms with van der Waals surface area (Å²) in [5.74, 6) is -4.02. The highest BCUT2D eigenvalue weighted by Gasteiger charge is 2.32. The zero-order chi connectivity index (χ0) is 17.9. The summed E-state index contributed by atoms with van der Waals surface area (Å²) in [6.07, 6.45) is -4.06. The topological polar surface area (TPSA) is 49.4 Å². The minimum Gasteiger partial charge on any atom is -0.347 e. The fourth-order valence-electron chi connectivity index (χ4n) is 2.49. The summed E-state index contributed by atoms with van der Waals surface area (Å²) in [5.41, 5.74) is -0.0196. The van der Waals surface area contributed by atoms with Crippen molar-refractivity contribution in [3.63, 3.8) is 0 Å². The van der Waals surface area contributed by atoms with E-state index in [0.29, 0.717) is 0 Å². The standard InChI is InChI=1S/C15H15F5N2O2/c16-11-2-1-10(7-12(11)17)14(24)22-5-3-9(4-6-22)13(23)21-8-15(18,19)20/h1-2,7,9H,3-6,8H2,(H,21,23). The van der Waals surface area contributed by atoms with E-state index in [9.17, 15) is 31.5 Å². The number of alkyl halides is 3. The van der Waals surface area contributed by atoms with Gasteiger partial charge in [-0.15, -0.1) is 0 Å². The van der Waals surface area contributed by atoms with Crippen LogP contribution >= 0.6 is 0 Å². The zero-order valence-corrected chi connectivity index (χ0v) is 12.5. The molecule has 1 fully saturated rings. The van der Waals surface area contributed by atoms with E-state index in [-0.39, 0.29) is 31.5 Å². The van der Waals surface area contributed by atoms with Gasteiger partial charge in [-0.1, -0.05) is 0 Å². The number of carbonyl (C=O) groups is 2. The zero-order valence-electron chi connectivity index (χ0n) is 12.5. The van der Waals surface area contributed by atoms with Crippen LogP contribution in [-0.4, -0.2) is 42.5 Å². The normalized spacial score (nSPS) is 16.1. The number of nitrogens with one attached hydrogen (secondary N) is 1. The molecule has 132 valence electrons. The summed E-state index contributed by atoms with van der Waals surface area (Å²) in [5, 5.41) is 1.82. The van der Waals surface area contributed by atoms with E-state index in [4.69, 9.17) is 0 Å². The molecule has 0 bridgehead atoms. The van der Waals surface area contributed by atoms with Gasteiger partial charge in [0.25, 0.3) is 5.91 Å². The molecule has 1 aromatic carbocycles. The molecule has 0 radical (unpaired) electrons. The number of piperidine rings is 1. The molecule has 0 spiro atoms. The van der Waals surface area contributed by atoms with Crippen LogP contribution in [0.15, 0.2) is 18.2 Å². The third kappa shape index (κ3) is 4.65. The highest BCUT2D eigenvalue weighted by atomic mass is 19.4. The Balaban J connectivity index is 1.89. The number of carbonyl (C=O) groups excluding carboxylic acids is 2. The van der Waals surface area contributed by atoms with E-state index in [2.05, 4.69) is 0 Å². The van der Waals surface area contributed by atoms with Crippen molar-refractivity contribution in [2.45, 2.75) is 19.0 Å². The first kappa shape index (κ1) is 18.2. The van der Waals surface area contributed by atoms with E-state index in [1.54, 1.807) is 0 Å². The van der Waals surface area contributed by atoms with Gasteiger partial charge in [0.05, 0.1) is 0 Å². The third-order valence-electron chi connectivity index (χ3n) is 3.78. The molecule has 1 N–H and O–H groups in total. The van der Waals surface area contributed by atoms with E-state index in [0.717, 1.165) is 18.2 Å². The Bertz CT molecular complexity index is 625. The summed E-state index contributed by atoms with van der Waals surface area (Å²) >= 11 is 0. The second-order valence-electron chi connectivity index (χ2n) is 5.53. The van der Waals surface area contributed by atoms with E-state index >= 15 is 0 Å². The van der Waals surface area contributed by atoms with Crippen LogP contribution in [0, 0.1) is 17.6 Å². The second kappa shape index (κ2) is 7.14. The summed E-state index contributed by atoms with van der Waals surface area (Å²) in [4.78, 5) is 25.2. The predicted molar refractivity (Wildman–Crippen MR) is 74.1 cm³/mol. The number of amides is 2. The van der Waals surface area contributed by atoms with Gasteiger partial charge in [-0.3, -0.25) is 9.59 Å². The highest BCUT2D eigenvalue weighted by molar-refractivity contribution is 5.94. The van der Waals surface area contributed by atoms with Crippen molar-refractivity contribution in [1.29, 1.82) is 0 Å². The van der Waals surface area contributed by atoms with Crippen LogP contribution < -0.4 is 5.32 Å². The SMILES string of the molecule is O=C(NCC(F)(F)F)C1CCN(C(=O)c2ccc(F)c(F)c2)CC1. The monoisotopic (exact) mass is 350 g/mol. The quantitative estimate of drug-likeness (QED) is 0.852. The lowest BCUT2D eigenvalue weighted by Crippen LogP contribution is -2.44. The fraction of sp³-hybridized carbons (Fsp3) is 0.467. The van der Waals surface area contributed by atoms with Gasteiger partial charge in [-0.05, 0) is 31.0 Å². The van der Waals surface area contributed by atoms with Crippen LogP contribution in [-0.2, 0) is 4.79 Å². The van der Waals surface area contributed by atoms with Crippen LogP contribution in [0.4, 0.5) is 22.0 Å². The van der Waals surface area contributed by atoms with Crippen LogP contribution in [0.2, 0.25) is 0 Å². The van der Waals surface area contributed by atoms with Crippen molar-refractivity contribution >= 4 is 11.8 Å². The molecule has 0 aliphatic carbocycles. The summed E-state index contributed by atoms with van der Waals surface area (Å²) in [6.45, 7) is -1.08. The van der Waals surface area contributed by atoms with E-state index in [1.807, 2.05) is 5.32 Å². The Morgan fingerprint density at radius 2 is 1.75 bits per heavy atom. The Morgan fingerprint density at radius 1 is 1.12 bits per heavy atom. The lowest BCUT2D eigenvalue weighted by atomic mass is 9.95. The number of halogens is 5. The number of hydrogen-bond acceptors (Lipinski definition) is 2. The number of hydrogen-bond donors (Lipinski definition) is 1. The first-order valence-electron chi connectivity index (χ1n) is 7.26. The third-order valence-corrected chi connectivity index (χ3v) is 3.78. The summed E-state index contributed by atoms with van der Waals surface area (Å²) in [7, 11) is 0. The van der Waals surface area contributed by atoms with E-state index in [1.165, 1.54) is 4.90 Å². The van der Waals surface area contributed by atoms with Gasteiger partial charge in [0.2, 0.25) is 5.91 Å². The van der Waals surface area contributed by atoms with Gasteiger partial charge in [-0.25, -0.2) is 8.78 Å². The van der Waals surface area contributed by atoms with Gasteiger partial charge in [0.1, 0.15) is 6.54 Å². The smallest absolute Gasteiger partial charge is 0.347 e. The Labute approximate surface area is 134 Å². The number of nitrogens with zero attached hydrogens (tertiary/aromatic N) is 1. The molecule has 24 heavy (non-hydrogen) atoms. The molecule has 1 saturated heterocycles. The van der Waals surface area contributed by atoms with Crippen molar-refractivity contribution in [3.8, 4) is 0 Å². The molecule has 1 heterocycles. The fourth-order valence-corrected chi connectivity index (χ4v) is 2.49. The number of rotatable bonds is 3. The van der Waals surface area contributed by atoms with E-state index < -0.39 is 42.1 Å². The maximum absolute atomic E-state index is 13.2.